The molecule has 18 heavy (non-hydrogen) atoms. The minimum atomic E-state index is -0.816. The predicted octanol–water partition coefficient (Wildman–Crippen LogP) is 1.47. The van der Waals surface area contributed by atoms with E-state index in [0.29, 0.717) is 5.69 Å². The first-order valence-corrected chi connectivity index (χ1v) is 5.12. The Balaban J connectivity index is 2.49. The van der Waals surface area contributed by atoms with Crippen molar-refractivity contribution in [3.63, 3.8) is 0 Å². The lowest BCUT2D eigenvalue weighted by molar-refractivity contribution is 0.259. The van der Waals surface area contributed by atoms with Crippen molar-refractivity contribution >= 4 is 11.7 Å². The summed E-state index contributed by atoms with van der Waals surface area (Å²) in [7, 11) is 0. The van der Waals surface area contributed by atoms with Crippen LogP contribution in [0.2, 0.25) is 0 Å². The van der Waals surface area contributed by atoms with Gasteiger partial charge in [-0.15, -0.1) is 0 Å². The van der Waals surface area contributed by atoms with E-state index < -0.39 is 17.4 Å². The van der Waals surface area contributed by atoms with Gasteiger partial charge in [0.25, 0.3) is 5.56 Å². The van der Waals surface area contributed by atoms with E-state index in [4.69, 9.17) is 5.73 Å². The van der Waals surface area contributed by atoms with Gasteiger partial charge >= 0.3 is 6.03 Å². The molecule has 2 aromatic rings. The van der Waals surface area contributed by atoms with E-state index in [-0.39, 0.29) is 5.69 Å². The molecule has 92 valence electrons. The van der Waals surface area contributed by atoms with Crippen LogP contribution >= 0.6 is 0 Å². The van der Waals surface area contributed by atoms with Crippen LogP contribution in [0.1, 0.15) is 0 Å². The van der Waals surface area contributed by atoms with Crippen LogP contribution in [0.15, 0.2) is 47.4 Å². The topological polar surface area (TPSA) is 77.1 Å². The van der Waals surface area contributed by atoms with Gasteiger partial charge in [-0.2, -0.15) is 0 Å². The number of nitrogens with two attached hydrogens (primary N) is 1. The van der Waals surface area contributed by atoms with Gasteiger partial charge in [0.1, 0.15) is 11.5 Å². The Bertz CT molecular complexity index is 635. The highest BCUT2D eigenvalue weighted by Gasteiger charge is 2.06. The average Bonchev–Trinajstić information content (AvgIpc) is 2.33. The molecule has 0 unspecified atom stereocenters. The third-order valence-corrected chi connectivity index (χ3v) is 2.31. The molecule has 2 amide bonds. The fourth-order valence-corrected chi connectivity index (χ4v) is 1.53. The van der Waals surface area contributed by atoms with Crippen molar-refractivity contribution < 1.29 is 9.18 Å². The summed E-state index contributed by atoms with van der Waals surface area (Å²) in [6.45, 7) is 0. The molecule has 3 N–H and O–H groups in total. The fraction of sp³-hybridized carbons (Fsp3) is 0. The molecule has 0 spiro atoms. The molecule has 6 heteroatoms. The van der Waals surface area contributed by atoms with Crippen LogP contribution in [0, 0.1) is 5.82 Å². The van der Waals surface area contributed by atoms with E-state index >= 15 is 0 Å². The van der Waals surface area contributed by atoms with E-state index in [0.717, 1.165) is 0 Å². The summed E-state index contributed by atoms with van der Waals surface area (Å²) in [4.78, 5) is 22.7. The van der Waals surface area contributed by atoms with Crippen molar-refractivity contribution in [1.29, 1.82) is 0 Å². The number of halogens is 1. The molecule has 0 saturated heterocycles. The Labute approximate surface area is 102 Å². The van der Waals surface area contributed by atoms with Crippen molar-refractivity contribution in [1.82, 2.24) is 4.57 Å². The molecule has 1 heterocycles. The van der Waals surface area contributed by atoms with E-state index in [1.54, 1.807) is 6.07 Å². The summed E-state index contributed by atoms with van der Waals surface area (Å²) in [5.74, 6) is -0.391. The first-order valence-electron chi connectivity index (χ1n) is 5.12. The molecule has 0 aliphatic carbocycles. The third-order valence-electron chi connectivity index (χ3n) is 2.31. The van der Waals surface area contributed by atoms with Crippen molar-refractivity contribution in [2.45, 2.75) is 0 Å². The maximum Gasteiger partial charge on any atom is 0.316 e. The number of anilines is 1. The number of aromatic nitrogens is 1. The van der Waals surface area contributed by atoms with Crippen LogP contribution in [0.5, 0.6) is 0 Å². The number of carbonyl (C=O) groups is 1. The molecular weight excluding hydrogens is 237 g/mol. The Morgan fingerprint density at radius 1 is 1.22 bits per heavy atom. The van der Waals surface area contributed by atoms with Gasteiger partial charge in [-0.1, -0.05) is 0 Å². The predicted molar refractivity (Wildman–Crippen MR) is 65.2 cm³/mol. The molecule has 0 bridgehead atoms. The van der Waals surface area contributed by atoms with E-state index in [1.165, 1.54) is 41.1 Å². The van der Waals surface area contributed by atoms with Crippen LogP contribution in [0.25, 0.3) is 5.69 Å². The quantitative estimate of drug-likeness (QED) is 0.842. The molecule has 0 aliphatic heterocycles. The number of carbonyl (C=O) groups excluding carboxylic acids is 1. The average molecular weight is 247 g/mol. The van der Waals surface area contributed by atoms with Gasteiger partial charge in [-0.05, 0) is 36.4 Å². The van der Waals surface area contributed by atoms with Crippen LogP contribution < -0.4 is 16.6 Å². The molecule has 5 nitrogen and oxygen atoms in total. The van der Waals surface area contributed by atoms with Gasteiger partial charge in [-0.25, -0.2) is 9.18 Å². The normalized spacial score (nSPS) is 10.1. The van der Waals surface area contributed by atoms with Gasteiger partial charge in [0.2, 0.25) is 0 Å². The van der Waals surface area contributed by atoms with Crippen molar-refractivity contribution in [2.75, 3.05) is 5.32 Å². The minimum Gasteiger partial charge on any atom is -0.351 e. The summed E-state index contributed by atoms with van der Waals surface area (Å²) in [5.41, 5.74) is 5.07. The Hall–Kier alpha value is -2.63. The number of hydrogen-bond acceptors (Lipinski definition) is 2. The molecule has 2 rings (SSSR count). The van der Waals surface area contributed by atoms with Crippen LogP contribution in [0.3, 0.4) is 0 Å². The second-order valence-electron chi connectivity index (χ2n) is 3.56. The summed E-state index contributed by atoms with van der Waals surface area (Å²) < 4.78 is 14.1. The van der Waals surface area contributed by atoms with Gasteiger partial charge < -0.3 is 11.1 Å². The first kappa shape index (κ1) is 11.8. The summed E-state index contributed by atoms with van der Waals surface area (Å²) in [6.07, 6.45) is 1.52. The minimum absolute atomic E-state index is 0.0642. The second kappa shape index (κ2) is 4.70. The number of nitrogens with one attached hydrogen (secondary N) is 1. The summed E-state index contributed by atoms with van der Waals surface area (Å²) in [6, 6.07) is 7.62. The molecule has 0 fully saturated rings. The SMILES string of the molecule is NC(=O)Nc1cccn(-c2ccc(F)cc2)c1=O. The van der Waals surface area contributed by atoms with Crippen LogP contribution in [-0.4, -0.2) is 10.6 Å². The number of nitrogens with zero attached hydrogens (tertiary/aromatic N) is 1. The number of pyridine rings is 1. The van der Waals surface area contributed by atoms with Crippen molar-refractivity contribution in [2.24, 2.45) is 5.73 Å². The Kier molecular flexibility index (Phi) is 3.09. The van der Waals surface area contributed by atoms with Crippen LogP contribution in [0.4, 0.5) is 14.9 Å². The fourth-order valence-electron chi connectivity index (χ4n) is 1.53. The summed E-state index contributed by atoms with van der Waals surface area (Å²) in [5, 5.41) is 2.23. The van der Waals surface area contributed by atoms with E-state index in [9.17, 15) is 14.0 Å². The lowest BCUT2D eigenvalue weighted by Gasteiger charge is -2.07. The van der Waals surface area contributed by atoms with E-state index in [2.05, 4.69) is 5.32 Å². The third kappa shape index (κ3) is 2.37. The lowest BCUT2D eigenvalue weighted by Crippen LogP contribution is -2.27. The molecule has 1 aromatic carbocycles. The molecule has 1 aromatic heterocycles. The highest BCUT2D eigenvalue weighted by atomic mass is 19.1. The number of benzene rings is 1. The number of amides is 2. The smallest absolute Gasteiger partial charge is 0.316 e. The highest BCUT2D eigenvalue weighted by Crippen LogP contribution is 2.08. The number of urea groups is 1. The molecule has 0 saturated carbocycles. The monoisotopic (exact) mass is 247 g/mol. The molecule has 0 aliphatic rings. The first-order chi connectivity index (χ1) is 8.58. The van der Waals surface area contributed by atoms with Gasteiger partial charge in [0.05, 0.1) is 0 Å². The zero-order valence-corrected chi connectivity index (χ0v) is 9.26. The second-order valence-corrected chi connectivity index (χ2v) is 3.56. The molecular formula is C12H10FN3O2. The highest BCUT2D eigenvalue weighted by molar-refractivity contribution is 5.87. The number of rotatable bonds is 2. The standard InChI is InChI=1S/C12H10FN3O2/c13-8-3-5-9(6-4-8)16-7-1-2-10(11(16)17)15-12(14)18/h1-7H,(H3,14,15,18). The number of primary amides is 1. The van der Waals surface area contributed by atoms with Gasteiger partial charge in [0.15, 0.2) is 0 Å². The molecule has 0 atom stereocenters. The van der Waals surface area contributed by atoms with Gasteiger partial charge in [-0.3, -0.25) is 9.36 Å². The Morgan fingerprint density at radius 3 is 2.50 bits per heavy atom. The van der Waals surface area contributed by atoms with Crippen LogP contribution in [-0.2, 0) is 0 Å². The van der Waals surface area contributed by atoms with Crippen molar-refractivity contribution in [3.05, 3.63) is 58.8 Å². The lowest BCUT2D eigenvalue weighted by atomic mass is 10.3. The maximum absolute atomic E-state index is 12.8. The summed E-state index contributed by atoms with van der Waals surface area (Å²) >= 11 is 0. The van der Waals surface area contributed by atoms with Crippen molar-refractivity contribution in [3.8, 4) is 5.69 Å². The van der Waals surface area contributed by atoms with E-state index in [1.807, 2.05) is 0 Å². The molecule has 0 radical (unpaired) electrons. The largest absolute Gasteiger partial charge is 0.351 e. The number of hydrogen-bond donors (Lipinski definition) is 2. The van der Waals surface area contributed by atoms with Gasteiger partial charge in [0, 0.05) is 11.9 Å². The zero-order valence-electron chi connectivity index (χ0n) is 9.26. The zero-order chi connectivity index (χ0) is 13.1. The maximum atomic E-state index is 12.8. The Morgan fingerprint density at radius 2 is 1.89 bits per heavy atom.